The van der Waals surface area contributed by atoms with E-state index in [0.29, 0.717) is 17.2 Å². The summed E-state index contributed by atoms with van der Waals surface area (Å²) in [4.78, 5) is 26.5. The molecule has 3 rings (SSSR count). The molecule has 0 atom stereocenters. The van der Waals surface area contributed by atoms with Crippen molar-refractivity contribution < 1.29 is 14.3 Å². The molecule has 0 N–H and O–H groups in total. The first-order valence-corrected chi connectivity index (χ1v) is 8.66. The van der Waals surface area contributed by atoms with Crippen LogP contribution in [-0.4, -0.2) is 22.9 Å². The van der Waals surface area contributed by atoms with Crippen molar-refractivity contribution >= 4 is 23.1 Å². The summed E-state index contributed by atoms with van der Waals surface area (Å²) in [5.41, 5.74) is 3.31. The molecule has 1 fully saturated rings. The molecule has 0 bridgehead atoms. The lowest BCUT2D eigenvalue weighted by molar-refractivity contribution is 0.0474. The molecule has 2 aromatic rings. The molecule has 2 heterocycles. The van der Waals surface area contributed by atoms with Gasteiger partial charge in [0.2, 0.25) is 5.78 Å². The molecule has 0 radical (unpaired) electrons. The number of hydrogen-bond donors (Lipinski definition) is 0. The number of aryl methyl sites for hydroxylation is 3. The minimum atomic E-state index is -0.420. The van der Waals surface area contributed by atoms with Gasteiger partial charge in [0.25, 0.3) is 0 Å². The van der Waals surface area contributed by atoms with E-state index >= 15 is 0 Å². The molecule has 2 aromatic heterocycles. The van der Waals surface area contributed by atoms with Crippen LogP contribution in [0, 0.1) is 27.7 Å². The number of carbonyl (C=O) groups is 2. The number of carbonyl (C=O) groups excluding carboxylic acids is 2. The van der Waals surface area contributed by atoms with Crippen LogP contribution >= 0.6 is 11.3 Å². The maximum atomic E-state index is 12.4. The largest absolute Gasteiger partial charge is 0.454 e. The normalized spacial score (nSPS) is 14.1. The first kappa shape index (κ1) is 16.0. The standard InChI is InChI=1S/C18H21NO3S/c1-10-7-15(12(3)19(10)14-5-6-14)17(20)9-22-18(21)16-8-11(2)23-13(16)4/h7-8,14H,5-6,9H2,1-4H3. The summed E-state index contributed by atoms with van der Waals surface area (Å²) < 4.78 is 7.45. The van der Waals surface area contributed by atoms with Gasteiger partial charge in [0, 0.05) is 32.7 Å². The Bertz CT molecular complexity index is 781. The second-order valence-corrected chi connectivity index (χ2v) is 7.67. The van der Waals surface area contributed by atoms with Gasteiger partial charge in [0.05, 0.1) is 5.56 Å². The topological polar surface area (TPSA) is 48.3 Å². The molecule has 5 heteroatoms. The van der Waals surface area contributed by atoms with Gasteiger partial charge >= 0.3 is 5.97 Å². The Balaban J connectivity index is 1.69. The zero-order valence-electron chi connectivity index (χ0n) is 13.9. The molecule has 0 aromatic carbocycles. The summed E-state index contributed by atoms with van der Waals surface area (Å²) in [6.45, 7) is 7.62. The number of aromatic nitrogens is 1. The predicted molar refractivity (Wildman–Crippen MR) is 90.6 cm³/mol. The third-order valence-electron chi connectivity index (χ3n) is 4.29. The summed E-state index contributed by atoms with van der Waals surface area (Å²) in [6.07, 6.45) is 2.35. The minimum Gasteiger partial charge on any atom is -0.454 e. The highest BCUT2D eigenvalue weighted by molar-refractivity contribution is 7.12. The number of ether oxygens (including phenoxy) is 1. The zero-order chi connectivity index (χ0) is 16.7. The van der Waals surface area contributed by atoms with E-state index < -0.39 is 5.97 Å². The SMILES string of the molecule is Cc1cc(C(=O)OCC(=O)c2cc(C)n(C3CC3)c2C)c(C)s1. The lowest BCUT2D eigenvalue weighted by Gasteiger charge is -2.08. The number of nitrogens with zero attached hydrogens (tertiary/aromatic N) is 1. The molecule has 4 nitrogen and oxygen atoms in total. The van der Waals surface area contributed by atoms with Gasteiger partial charge in [0.15, 0.2) is 6.61 Å². The van der Waals surface area contributed by atoms with E-state index in [-0.39, 0.29) is 12.4 Å². The fourth-order valence-electron chi connectivity index (χ4n) is 3.07. The molecule has 0 unspecified atom stereocenters. The van der Waals surface area contributed by atoms with Crippen LogP contribution in [0.15, 0.2) is 12.1 Å². The average molecular weight is 331 g/mol. The number of hydrogen-bond acceptors (Lipinski definition) is 4. The highest BCUT2D eigenvalue weighted by atomic mass is 32.1. The van der Waals surface area contributed by atoms with Crippen LogP contribution in [0.25, 0.3) is 0 Å². The first-order chi connectivity index (χ1) is 10.9. The van der Waals surface area contributed by atoms with Gasteiger partial charge in [0.1, 0.15) is 0 Å². The van der Waals surface area contributed by atoms with Crippen molar-refractivity contribution in [2.75, 3.05) is 6.61 Å². The van der Waals surface area contributed by atoms with Crippen LogP contribution in [0.4, 0.5) is 0 Å². The number of ketones is 1. The fraction of sp³-hybridized carbons (Fsp3) is 0.444. The van der Waals surface area contributed by atoms with E-state index in [1.54, 1.807) is 11.3 Å². The predicted octanol–water partition coefficient (Wildman–Crippen LogP) is 4.16. The number of rotatable bonds is 5. The van der Waals surface area contributed by atoms with E-state index in [1.807, 2.05) is 39.8 Å². The Morgan fingerprint density at radius 1 is 1.17 bits per heavy atom. The second-order valence-electron chi connectivity index (χ2n) is 6.21. The molecule has 0 amide bonds. The lowest BCUT2D eigenvalue weighted by Crippen LogP contribution is -2.15. The summed E-state index contributed by atoms with van der Waals surface area (Å²) in [7, 11) is 0. The van der Waals surface area contributed by atoms with Gasteiger partial charge in [-0.15, -0.1) is 11.3 Å². The lowest BCUT2D eigenvalue weighted by atomic mass is 10.1. The number of esters is 1. The molecule has 23 heavy (non-hydrogen) atoms. The van der Waals surface area contributed by atoms with E-state index in [1.165, 1.54) is 12.8 Å². The molecule has 0 saturated heterocycles. The maximum Gasteiger partial charge on any atom is 0.339 e. The van der Waals surface area contributed by atoms with Crippen molar-refractivity contribution in [3.8, 4) is 0 Å². The van der Waals surface area contributed by atoms with Crippen molar-refractivity contribution in [3.63, 3.8) is 0 Å². The molecular formula is C18H21NO3S. The summed E-state index contributed by atoms with van der Waals surface area (Å²) >= 11 is 1.56. The Morgan fingerprint density at radius 2 is 1.87 bits per heavy atom. The highest BCUT2D eigenvalue weighted by Gasteiger charge is 2.28. The minimum absolute atomic E-state index is 0.136. The van der Waals surface area contributed by atoms with Crippen molar-refractivity contribution in [1.29, 1.82) is 0 Å². The smallest absolute Gasteiger partial charge is 0.339 e. The van der Waals surface area contributed by atoms with Crippen LogP contribution in [0.1, 0.15) is 60.7 Å². The first-order valence-electron chi connectivity index (χ1n) is 7.84. The van der Waals surface area contributed by atoms with Gasteiger partial charge in [-0.05, 0) is 52.7 Å². The van der Waals surface area contributed by atoms with Crippen LogP contribution in [0.2, 0.25) is 0 Å². The van der Waals surface area contributed by atoms with Crippen molar-refractivity contribution in [2.24, 2.45) is 0 Å². The number of Topliss-reactive ketones (excluding diaryl/α,β-unsaturated/α-hetero) is 1. The molecule has 122 valence electrons. The number of thiophene rings is 1. The summed E-state index contributed by atoms with van der Waals surface area (Å²) in [5, 5.41) is 0. The Labute approximate surface area is 140 Å². The summed E-state index contributed by atoms with van der Waals surface area (Å²) in [6, 6.07) is 4.26. The monoisotopic (exact) mass is 331 g/mol. The van der Waals surface area contributed by atoms with E-state index in [0.717, 1.165) is 21.1 Å². The van der Waals surface area contributed by atoms with Crippen LogP contribution in [0.5, 0.6) is 0 Å². The molecule has 1 aliphatic rings. The Morgan fingerprint density at radius 3 is 2.43 bits per heavy atom. The molecule has 0 spiro atoms. The quantitative estimate of drug-likeness (QED) is 0.610. The van der Waals surface area contributed by atoms with Crippen LogP contribution in [0.3, 0.4) is 0 Å². The Hall–Kier alpha value is -1.88. The van der Waals surface area contributed by atoms with Crippen LogP contribution < -0.4 is 0 Å². The van der Waals surface area contributed by atoms with E-state index in [4.69, 9.17) is 4.74 Å². The third-order valence-corrected chi connectivity index (χ3v) is 5.26. The van der Waals surface area contributed by atoms with Crippen LogP contribution in [-0.2, 0) is 4.74 Å². The molecule has 1 saturated carbocycles. The second kappa shape index (κ2) is 5.96. The van der Waals surface area contributed by atoms with Gasteiger partial charge in [-0.2, -0.15) is 0 Å². The van der Waals surface area contributed by atoms with E-state index in [2.05, 4.69) is 4.57 Å². The third kappa shape index (κ3) is 3.11. The molecular weight excluding hydrogens is 310 g/mol. The zero-order valence-corrected chi connectivity index (χ0v) is 14.8. The van der Waals surface area contributed by atoms with Crippen molar-refractivity contribution in [3.05, 3.63) is 44.4 Å². The van der Waals surface area contributed by atoms with Gasteiger partial charge < -0.3 is 9.30 Å². The van der Waals surface area contributed by atoms with Gasteiger partial charge in [-0.1, -0.05) is 0 Å². The fourth-order valence-corrected chi connectivity index (χ4v) is 3.99. The van der Waals surface area contributed by atoms with E-state index in [9.17, 15) is 9.59 Å². The van der Waals surface area contributed by atoms with Crippen molar-refractivity contribution in [1.82, 2.24) is 4.57 Å². The summed E-state index contributed by atoms with van der Waals surface area (Å²) in [5.74, 6) is -0.556. The van der Waals surface area contributed by atoms with Gasteiger partial charge in [-0.25, -0.2) is 4.79 Å². The Kier molecular flexibility index (Phi) is 4.15. The maximum absolute atomic E-state index is 12.4. The average Bonchev–Trinajstić information content (AvgIpc) is 3.19. The van der Waals surface area contributed by atoms with Crippen molar-refractivity contribution in [2.45, 2.75) is 46.6 Å². The molecule has 1 aliphatic carbocycles. The van der Waals surface area contributed by atoms with Gasteiger partial charge in [-0.3, -0.25) is 4.79 Å². The highest BCUT2D eigenvalue weighted by Crippen LogP contribution is 2.38. The molecule has 0 aliphatic heterocycles.